The maximum Gasteiger partial charge on any atom is 0.408 e. The van der Waals surface area contributed by atoms with Crippen LogP contribution in [0.5, 0.6) is 0 Å². The first-order valence-electron chi connectivity index (χ1n) is 8.85. The van der Waals surface area contributed by atoms with E-state index in [1.165, 1.54) is 6.92 Å². The highest BCUT2D eigenvalue weighted by atomic mass is 16.6. The minimum absolute atomic E-state index is 0.200. The summed E-state index contributed by atoms with van der Waals surface area (Å²) >= 11 is 0. The zero-order valence-corrected chi connectivity index (χ0v) is 16.6. The predicted molar refractivity (Wildman–Crippen MR) is 99.4 cm³/mol. The monoisotopic (exact) mass is 368 g/mol. The van der Waals surface area contributed by atoms with Crippen molar-refractivity contribution < 1.29 is 24.2 Å². The standard InChI is InChI=1S/C19H32N2O5/c1-8-9-10-11-14(13(4)17(23)24)20-16(22)15(12(2)3)21-18(25)26-19(5,6)7/h1,12-15H,9-11H2,2-7H3,(H,20,22)(H,21,25)(H,23,24)/t13-,14-,15-/m0/s1. The third-order valence-electron chi connectivity index (χ3n) is 3.78. The minimum atomic E-state index is -1.00. The molecule has 0 aromatic rings. The van der Waals surface area contributed by atoms with Crippen molar-refractivity contribution in [2.75, 3.05) is 0 Å². The van der Waals surface area contributed by atoms with Gasteiger partial charge in [0.15, 0.2) is 0 Å². The molecular weight excluding hydrogens is 336 g/mol. The number of unbranched alkanes of at least 4 members (excludes halogenated alkanes) is 1. The predicted octanol–water partition coefficient (Wildman–Crippen LogP) is 2.54. The summed E-state index contributed by atoms with van der Waals surface area (Å²) in [6.45, 7) is 10.3. The Morgan fingerprint density at radius 3 is 2.15 bits per heavy atom. The van der Waals surface area contributed by atoms with Crippen molar-refractivity contribution in [3.8, 4) is 12.3 Å². The fourth-order valence-corrected chi connectivity index (χ4v) is 2.29. The van der Waals surface area contributed by atoms with Crippen LogP contribution >= 0.6 is 0 Å². The van der Waals surface area contributed by atoms with Crippen LogP contribution in [0, 0.1) is 24.2 Å². The van der Waals surface area contributed by atoms with Gasteiger partial charge in [-0.25, -0.2) is 4.79 Å². The van der Waals surface area contributed by atoms with Crippen LogP contribution in [0.2, 0.25) is 0 Å². The highest BCUT2D eigenvalue weighted by Gasteiger charge is 2.31. The summed E-state index contributed by atoms with van der Waals surface area (Å²) < 4.78 is 5.19. The maximum atomic E-state index is 12.6. The van der Waals surface area contributed by atoms with E-state index in [2.05, 4.69) is 16.6 Å². The van der Waals surface area contributed by atoms with E-state index < -0.39 is 41.6 Å². The molecule has 0 spiro atoms. The Kier molecular flexibility index (Phi) is 9.77. The summed E-state index contributed by atoms with van der Waals surface area (Å²) in [4.78, 5) is 35.9. The van der Waals surface area contributed by atoms with Gasteiger partial charge in [0.2, 0.25) is 5.91 Å². The molecule has 0 aliphatic heterocycles. The number of amides is 2. The molecule has 0 radical (unpaired) electrons. The number of carbonyl (C=O) groups is 3. The van der Waals surface area contributed by atoms with E-state index in [0.717, 1.165) is 0 Å². The van der Waals surface area contributed by atoms with E-state index in [-0.39, 0.29) is 5.92 Å². The number of carbonyl (C=O) groups excluding carboxylic acids is 2. The molecule has 0 bridgehead atoms. The maximum absolute atomic E-state index is 12.6. The van der Waals surface area contributed by atoms with Crippen molar-refractivity contribution in [2.24, 2.45) is 11.8 Å². The third kappa shape index (κ3) is 9.30. The molecule has 0 aromatic heterocycles. The second-order valence-electron chi connectivity index (χ2n) is 7.71. The summed E-state index contributed by atoms with van der Waals surface area (Å²) in [6.07, 6.45) is 6.09. The van der Waals surface area contributed by atoms with Gasteiger partial charge in [0, 0.05) is 12.5 Å². The van der Waals surface area contributed by atoms with Crippen LogP contribution in [0.1, 0.15) is 60.8 Å². The molecular formula is C19H32N2O5. The minimum Gasteiger partial charge on any atom is -0.481 e. The topological polar surface area (TPSA) is 105 Å². The largest absolute Gasteiger partial charge is 0.481 e. The van der Waals surface area contributed by atoms with Crippen LogP contribution in [0.4, 0.5) is 4.79 Å². The molecule has 0 aromatic carbocycles. The van der Waals surface area contributed by atoms with Gasteiger partial charge in [-0.1, -0.05) is 13.8 Å². The first kappa shape index (κ1) is 23.8. The van der Waals surface area contributed by atoms with Gasteiger partial charge in [-0.05, 0) is 46.5 Å². The number of hydrogen-bond acceptors (Lipinski definition) is 4. The SMILES string of the molecule is C#CCCC[C@H](NC(=O)[C@@H](NC(=O)OC(C)(C)C)C(C)C)[C@H](C)C(=O)O. The van der Waals surface area contributed by atoms with Crippen molar-refractivity contribution in [3.63, 3.8) is 0 Å². The van der Waals surface area contributed by atoms with E-state index in [9.17, 15) is 19.5 Å². The van der Waals surface area contributed by atoms with Crippen molar-refractivity contribution >= 4 is 18.0 Å². The number of nitrogens with one attached hydrogen (secondary N) is 2. The second-order valence-corrected chi connectivity index (χ2v) is 7.71. The number of ether oxygens (including phenoxy) is 1. The van der Waals surface area contributed by atoms with Crippen LogP contribution in [0.15, 0.2) is 0 Å². The molecule has 148 valence electrons. The van der Waals surface area contributed by atoms with Gasteiger partial charge < -0.3 is 20.5 Å². The van der Waals surface area contributed by atoms with Gasteiger partial charge >= 0.3 is 12.1 Å². The van der Waals surface area contributed by atoms with E-state index in [0.29, 0.717) is 19.3 Å². The summed E-state index contributed by atoms with van der Waals surface area (Å²) in [5.74, 6) is 0.0848. The molecule has 0 rings (SSSR count). The Hall–Kier alpha value is -2.23. The van der Waals surface area contributed by atoms with E-state index in [4.69, 9.17) is 11.2 Å². The number of carboxylic acids is 1. The lowest BCUT2D eigenvalue weighted by atomic mass is 9.95. The van der Waals surface area contributed by atoms with Crippen LogP contribution in [0.25, 0.3) is 0 Å². The van der Waals surface area contributed by atoms with Crippen molar-refractivity contribution in [1.29, 1.82) is 0 Å². The lowest BCUT2D eigenvalue weighted by Gasteiger charge is -2.28. The molecule has 2 amide bonds. The van der Waals surface area contributed by atoms with Crippen molar-refractivity contribution in [1.82, 2.24) is 10.6 Å². The first-order valence-corrected chi connectivity index (χ1v) is 8.85. The fraction of sp³-hybridized carbons (Fsp3) is 0.737. The lowest BCUT2D eigenvalue weighted by molar-refractivity contribution is -0.142. The molecule has 3 N–H and O–H groups in total. The Balaban J connectivity index is 5.09. The fourth-order valence-electron chi connectivity index (χ4n) is 2.29. The van der Waals surface area contributed by atoms with Gasteiger partial charge in [0.25, 0.3) is 0 Å². The first-order chi connectivity index (χ1) is 11.9. The zero-order chi connectivity index (χ0) is 20.5. The van der Waals surface area contributed by atoms with Crippen LogP contribution in [0.3, 0.4) is 0 Å². The summed E-state index contributed by atoms with van der Waals surface area (Å²) in [7, 11) is 0. The number of carboxylic acid groups (broad SMARTS) is 1. The molecule has 7 nitrogen and oxygen atoms in total. The average molecular weight is 368 g/mol. The molecule has 3 atom stereocenters. The summed E-state index contributed by atoms with van der Waals surface area (Å²) in [6, 6.07) is -1.41. The summed E-state index contributed by atoms with van der Waals surface area (Å²) in [5.41, 5.74) is -0.683. The Bertz CT molecular complexity index is 531. The highest BCUT2D eigenvalue weighted by molar-refractivity contribution is 5.86. The van der Waals surface area contributed by atoms with Crippen LogP contribution in [-0.2, 0) is 14.3 Å². The Labute approximate surface area is 156 Å². The van der Waals surface area contributed by atoms with E-state index >= 15 is 0 Å². The number of aliphatic carboxylic acids is 1. The van der Waals surface area contributed by atoms with Crippen LogP contribution < -0.4 is 10.6 Å². The van der Waals surface area contributed by atoms with Crippen molar-refractivity contribution in [3.05, 3.63) is 0 Å². The smallest absolute Gasteiger partial charge is 0.408 e. The number of alkyl carbamates (subject to hydrolysis) is 1. The molecule has 0 saturated heterocycles. The third-order valence-corrected chi connectivity index (χ3v) is 3.78. The van der Waals surface area contributed by atoms with E-state index in [1.807, 2.05) is 0 Å². The Morgan fingerprint density at radius 1 is 1.15 bits per heavy atom. The molecule has 0 aliphatic carbocycles. The summed E-state index contributed by atoms with van der Waals surface area (Å²) in [5, 5.41) is 14.6. The molecule has 0 heterocycles. The van der Waals surface area contributed by atoms with Gasteiger partial charge in [0.05, 0.1) is 5.92 Å². The second kappa shape index (κ2) is 10.7. The number of rotatable bonds is 9. The number of hydrogen-bond donors (Lipinski definition) is 3. The molecule has 0 saturated carbocycles. The van der Waals surface area contributed by atoms with Gasteiger partial charge in [-0.2, -0.15) is 0 Å². The molecule has 7 heteroatoms. The normalized spacial score (nSPS) is 14.7. The zero-order valence-electron chi connectivity index (χ0n) is 16.6. The van der Waals surface area contributed by atoms with E-state index in [1.54, 1.807) is 34.6 Å². The highest BCUT2D eigenvalue weighted by Crippen LogP contribution is 2.14. The molecule has 0 aliphatic rings. The average Bonchev–Trinajstić information content (AvgIpc) is 2.48. The van der Waals surface area contributed by atoms with Crippen molar-refractivity contribution in [2.45, 2.75) is 78.5 Å². The van der Waals surface area contributed by atoms with Gasteiger partial charge in [-0.3, -0.25) is 9.59 Å². The Morgan fingerprint density at radius 2 is 1.73 bits per heavy atom. The lowest BCUT2D eigenvalue weighted by Crippen LogP contribution is -2.54. The molecule has 26 heavy (non-hydrogen) atoms. The molecule has 0 unspecified atom stereocenters. The van der Waals surface area contributed by atoms with Crippen LogP contribution in [-0.4, -0.2) is 40.8 Å². The number of terminal acetylenes is 1. The van der Waals surface area contributed by atoms with Gasteiger partial charge in [-0.15, -0.1) is 12.3 Å². The molecule has 0 fully saturated rings. The quantitative estimate of drug-likeness (QED) is 0.428. The van der Waals surface area contributed by atoms with Gasteiger partial charge in [0.1, 0.15) is 11.6 Å².